The molecular weight excluding hydrogens is 386 g/mol. The van der Waals surface area contributed by atoms with Crippen LogP contribution in [0.1, 0.15) is 70.6 Å². The summed E-state index contributed by atoms with van der Waals surface area (Å²) in [6, 6.07) is 0.139. The third-order valence-electron chi connectivity index (χ3n) is 8.80. The minimum absolute atomic E-state index is 0.116. The van der Waals surface area contributed by atoms with Crippen molar-refractivity contribution in [2.45, 2.75) is 76.7 Å². The first-order valence-electron chi connectivity index (χ1n) is 11.9. The quantitative estimate of drug-likeness (QED) is 0.699. The number of carbonyl (C=O) groups is 1. The average molecular weight is 424 g/mol. The minimum Gasteiger partial charge on any atom is -0.340 e. The van der Waals surface area contributed by atoms with Crippen LogP contribution in [0.4, 0.5) is 0 Å². The highest BCUT2D eigenvalue weighted by atomic mass is 32.2. The molecule has 0 spiro atoms. The summed E-state index contributed by atoms with van der Waals surface area (Å²) in [6.07, 6.45) is 12.7. The van der Waals surface area contributed by atoms with Crippen molar-refractivity contribution in [3.8, 4) is 0 Å². The summed E-state index contributed by atoms with van der Waals surface area (Å²) in [5.74, 6) is 2.62. The second kappa shape index (κ2) is 7.49. The van der Waals surface area contributed by atoms with Gasteiger partial charge in [0.2, 0.25) is 5.91 Å². The van der Waals surface area contributed by atoms with Gasteiger partial charge < -0.3 is 4.90 Å². The van der Waals surface area contributed by atoms with E-state index in [-0.39, 0.29) is 11.5 Å². The van der Waals surface area contributed by atoms with Crippen molar-refractivity contribution in [3.05, 3.63) is 0 Å². The fourth-order valence-electron chi connectivity index (χ4n) is 7.65. The molecule has 5 saturated carbocycles. The van der Waals surface area contributed by atoms with Crippen LogP contribution in [-0.2, 0) is 15.0 Å². The minimum atomic E-state index is -3.43. The molecule has 7 heteroatoms. The molecule has 6 nitrogen and oxygen atoms in total. The number of amides is 1. The molecule has 29 heavy (non-hydrogen) atoms. The monoisotopic (exact) mass is 423 g/mol. The van der Waals surface area contributed by atoms with E-state index in [2.05, 4.69) is 0 Å². The van der Waals surface area contributed by atoms with E-state index in [1.54, 1.807) is 15.7 Å². The fourth-order valence-corrected chi connectivity index (χ4v) is 9.22. The fraction of sp³-hybridized carbons (Fsp3) is 0.955. The Bertz CT molecular complexity index is 703. The SMILES string of the molecule is CN(C1CCCCC1)S(=O)(=O)N1CCN(C(=O)C23CC4CC(CC(C4)C2)C3)CC1. The molecule has 0 radical (unpaired) electrons. The van der Waals surface area contributed by atoms with Crippen LogP contribution in [0.3, 0.4) is 0 Å². The zero-order valence-corrected chi connectivity index (χ0v) is 18.7. The molecule has 1 heterocycles. The molecular formula is C22H37N3O3S. The predicted molar refractivity (Wildman–Crippen MR) is 112 cm³/mol. The first kappa shape index (κ1) is 20.3. The maximum atomic E-state index is 13.5. The van der Waals surface area contributed by atoms with Gasteiger partial charge in [0.05, 0.1) is 5.41 Å². The molecule has 0 aromatic heterocycles. The standard InChI is InChI=1S/C22H37N3O3S/c1-23(20-5-3-2-4-6-20)29(27,28)25-9-7-24(8-10-25)21(26)22-14-17-11-18(15-22)13-19(12-17)16-22/h17-20H,2-16H2,1H3. The zero-order chi connectivity index (χ0) is 20.2. The Balaban J connectivity index is 1.22. The molecule has 0 unspecified atom stereocenters. The lowest BCUT2D eigenvalue weighted by Crippen LogP contribution is -2.60. The van der Waals surface area contributed by atoms with Crippen LogP contribution >= 0.6 is 0 Å². The summed E-state index contributed by atoms with van der Waals surface area (Å²) in [5, 5.41) is 0. The van der Waals surface area contributed by atoms with Gasteiger partial charge in [-0.05, 0) is 69.1 Å². The number of carbonyl (C=O) groups excluding carboxylic acids is 1. The molecule has 0 atom stereocenters. The highest BCUT2D eigenvalue weighted by molar-refractivity contribution is 7.86. The van der Waals surface area contributed by atoms with Crippen molar-refractivity contribution in [1.82, 2.24) is 13.5 Å². The molecule has 6 rings (SSSR count). The highest BCUT2D eigenvalue weighted by Gasteiger charge is 2.55. The molecule has 6 fully saturated rings. The maximum Gasteiger partial charge on any atom is 0.282 e. The Hall–Kier alpha value is -0.660. The first-order valence-corrected chi connectivity index (χ1v) is 13.3. The molecule has 0 aromatic carbocycles. The molecule has 5 aliphatic carbocycles. The van der Waals surface area contributed by atoms with Gasteiger partial charge in [-0.15, -0.1) is 0 Å². The van der Waals surface area contributed by atoms with Gasteiger partial charge >= 0.3 is 0 Å². The summed E-state index contributed by atoms with van der Waals surface area (Å²) in [4.78, 5) is 15.5. The first-order chi connectivity index (χ1) is 13.9. The van der Waals surface area contributed by atoms with Crippen LogP contribution in [0, 0.1) is 23.2 Å². The van der Waals surface area contributed by atoms with Gasteiger partial charge in [0, 0.05) is 39.3 Å². The maximum absolute atomic E-state index is 13.5. The Morgan fingerprint density at radius 1 is 0.862 bits per heavy atom. The van der Waals surface area contributed by atoms with Crippen molar-refractivity contribution in [2.24, 2.45) is 23.2 Å². The van der Waals surface area contributed by atoms with Crippen LogP contribution in [0.2, 0.25) is 0 Å². The lowest BCUT2D eigenvalue weighted by Gasteiger charge is -2.57. The van der Waals surface area contributed by atoms with Crippen LogP contribution in [0.15, 0.2) is 0 Å². The lowest BCUT2D eigenvalue weighted by atomic mass is 9.49. The average Bonchev–Trinajstić information content (AvgIpc) is 2.72. The van der Waals surface area contributed by atoms with E-state index in [0.29, 0.717) is 32.1 Å². The summed E-state index contributed by atoms with van der Waals surface area (Å²) < 4.78 is 29.5. The Kier molecular flexibility index (Phi) is 5.23. The number of piperazine rings is 1. The van der Waals surface area contributed by atoms with Crippen molar-refractivity contribution < 1.29 is 13.2 Å². The van der Waals surface area contributed by atoms with Crippen LogP contribution in [-0.4, -0.2) is 67.1 Å². The van der Waals surface area contributed by atoms with Gasteiger partial charge in [-0.2, -0.15) is 17.0 Å². The van der Waals surface area contributed by atoms with Gasteiger partial charge in [-0.3, -0.25) is 4.79 Å². The van der Waals surface area contributed by atoms with E-state index >= 15 is 0 Å². The van der Waals surface area contributed by atoms with Crippen LogP contribution in [0.5, 0.6) is 0 Å². The van der Waals surface area contributed by atoms with Gasteiger partial charge in [-0.1, -0.05) is 19.3 Å². The zero-order valence-electron chi connectivity index (χ0n) is 17.9. The third kappa shape index (κ3) is 3.55. The largest absolute Gasteiger partial charge is 0.340 e. The van der Waals surface area contributed by atoms with Crippen molar-refractivity contribution in [1.29, 1.82) is 0 Å². The summed E-state index contributed by atoms with van der Waals surface area (Å²) >= 11 is 0. The normalized spacial score (nSPS) is 38.7. The van der Waals surface area contributed by atoms with Crippen molar-refractivity contribution >= 4 is 16.1 Å². The number of rotatable bonds is 4. The van der Waals surface area contributed by atoms with E-state index in [9.17, 15) is 13.2 Å². The molecule has 6 aliphatic rings. The van der Waals surface area contributed by atoms with Crippen molar-refractivity contribution in [3.63, 3.8) is 0 Å². The topological polar surface area (TPSA) is 60.9 Å². The Labute approximate surface area is 176 Å². The van der Waals surface area contributed by atoms with E-state index in [0.717, 1.165) is 62.7 Å². The highest BCUT2D eigenvalue weighted by Crippen LogP contribution is 2.60. The molecule has 0 aromatic rings. The molecule has 1 saturated heterocycles. The second-order valence-corrected chi connectivity index (χ2v) is 12.7. The Morgan fingerprint density at radius 2 is 1.38 bits per heavy atom. The summed E-state index contributed by atoms with van der Waals surface area (Å²) in [6.45, 7) is 1.99. The number of hydrogen-bond donors (Lipinski definition) is 0. The van der Waals surface area contributed by atoms with Gasteiger partial charge in [0.1, 0.15) is 0 Å². The number of hydrogen-bond acceptors (Lipinski definition) is 3. The van der Waals surface area contributed by atoms with Crippen LogP contribution in [0.25, 0.3) is 0 Å². The molecule has 164 valence electrons. The molecule has 0 N–H and O–H groups in total. The molecule has 4 bridgehead atoms. The molecule has 1 aliphatic heterocycles. The Morgan fingerprint density at radius 3 is 1.90 bits per heavy atom. The lowest BCUT2D eigenvalue weighted by molar-refractivity contribution is -0.158. The smallest absolute Gasteiger partial charge is 0.282 e. The predicted octanol–water partition coefficient (Wildman–Crippen LogP) is 2.86. The third-order valence-corrected chi connectivity index (χ3v) is 10.8. The van der Waals surface area contributed by atoms with Crippen LogP contribution < -0.4 is 0 Å². The molecule has 1 amide bonds. The van der Waals surface area contributed by atoms with Gasteiger partial charge in [0.15, 0.2) is 0 Å². The van der Waals surface area contributed by atoms with E-state index in [4.69, 9.17) is 0 Å². The summed E-state index contributed by atoms with van der Waals surface area (Å²) in [7, 11) is -1.68. The van der Waals surface area contributed by atoms with Crippen molar-refractivity contribution in [2.75, 3.05) is 33.2 Å². The van der Waals surface area contributed by atoms with Gasteiger partial charge in [0.25, 0.3) is 10.2 Å². The summed E-state index contributed by atoms with van der Waals surface area (Å²) in [5.41, 5.74) is -0.116. The van der Waals surface area contributed by atoms with Gasteiger partial charge in [-0.25, -0.2) is 0 Å². The second-order valence-electron chi connectivity index (χ2n) is 10.7. The van der Waals surface area contributed by atoms with E-state index < -0.39 is 10.2 Å². The van der Waals surface area contributed by atoms with E-state index in [1.807, 2.05) is 4.90 Å². The number of nitrogens with zero attached hydrogens (tertiary/aromatic N) is 3. The van der Waals surface area contributed by atoms with E-state index in [1.165, 1.54) is 25.7 Å².